The molecule has 0 radical (unpaired) electrons. The van der Waals surface area contributed by atoms with E-state index < -0.39 is 0 Å². The first-order valence-electron chi connectivity index (χ1n) is 8.21. The second kappa shape index (κ2) is 6.33. The van der Waals surface area contributed by atoms with E-state index in [-0.39, 0.29) is 0 Å². The van der Waals surface area contributed by atoms with Crippen LogP contribution >= 0.6 is 0 Å². The van der Waals surface area contributed by atoms with Gasteiger partial charge in [0.15, 0.2) is 0 Å². The quantitative estimate of drug-likeness (QED) is 0.459. The molecule has 0 bridgehead atoms. The minimum absolute atomic E-state index is 1.19. The zero-order valence-electron chi connectivity index (χ0n) is 15.2. The van der Waals surface area contributed by atoms with Gasteiger partial charge in [0, 0.05) is 0 Å². The molecule has 2 aromatic carbocycles. The van der Waals surface area contributed by atoms with Gasteiger partial charge < -0.3 is 0 Å². The van der Waals surface area contributed by atoms with Gasteiger partial charge in [-0.25, -0.2) is 0 Å². The second-order valence-corrected chi connectivity index (χ2v) is 7.79. The van der Waals surface area contributed by atoms with Crippen molar-refractivity contribution < 1.29 is 19.4 Å². The van der Waals surface area contributed by atoms with Crippen LogP contribution in [0, 0.1) is 45.3 Å². The van der Waals surface area contributed by atoms with Gasteiger partial charge in [-0.05, 0) is 0 Å². The summed E-state index contributed by atoms with van der Waals surface area (Å²) in [6.07, 6.45) is 4.34. The summed E-state index contributed by atoms with van der Waals surface area (Å²) in [4.78, 5) is 0. The van der Waals surface area contributed by atoms with E-state index in [2.05, 4.69) is 107 Å². The number of hydrogen-bond acceptors (Lipinski definition) is 0. The van der Waals surface area contributed by atoms with Gasteiger partial charge in [-0.1, -0.05) is 0 Å². The molecule has 0 aliphatic carbocycles. The summed E-state index contributed by atoms with van der Waals surface area (Å²) in [6.45, 7) is 13.1. The Labute approximate surface area is 155 Å². The van der Waals surface area contributed by atoms with Crippen LogP contribution in [0.2, 0.25) is 0 Å². The second-order valence-electron chi connectivity index (χ2n) is 6.77. The van der Waals surface area contributed by atoms with Crippen molar-refractivity contribution in [3.8, 4) is 11.4 Å². The van der Waals surface area contributed by atoms with E-state index in [1.807, 2.05) is 0 Å². The Balaban J connectivity index is 2.24. The molecule has 0 saturated carbocycles. The summed E-state index contributed by atoms with van der Waals surface area (Å²) in [5.74, 6) is 0. The number of aryl methyl sites for hydroxylation is 6. The molecule has 0 fully saturated rings. The number of benzene rings is 2. The molecule has 0 amide bonds. The van der Waals surface area contributed by atoms with Gasteiger partial charge >= 0.3 is 155 Å². The third kappa shape index (κ3) is 2.89. The zero-order valence-corrected chi connectivity index (χ0v) is 17.4. The molecule has 128 valence electrons. The van der Waals surface area contributed by atoms with E-state index in [0.29, 0.717) is 0 Å². The van der Waals surface area contributed by atoms with Crippen LogP contribution in [0.1, 0.15) is 33.4 Å². The number of imidazole rings is 1. The number of hydrogen-bond donors (Lipinski definition) is 0. The minimum atomic E-state index is 1.19. The van der Waals surface area contributed by atoms with Crippen molar-refractivity contribution in [3.63, 3.8) is 0 Å². The van der Waals surface area contributed by atoms with Crippen molar-refractivity contribution >= 4 is 0 Å². The average Bonchev–Trinajstić information content (AvgIpc) is 2.79. The topological polar surface area (TPSA) is 9.86 Å². The molecule has 0 N–H and O–H groups in total. The van der Waals surface area contributed by atoms with Crippen LogP contribution in [0.3, 0.4) is 0 Å². The first kappa shape index (κ1) is 17.2. The van der Waals surface area contributed by atoms with E-state index in [4.69, 9.17) is 0 Å². The summed E-state index contributed by atoms with van der Waals surface area (Å²) in [5.41, 5.74) is 10.4. The van der Waals surface area contributed by atoms with Crippen molar-refractivity contribution in [1.29, 1.82) is 0 Å². The van der Waals surface area contributed by atoms with E-state index >= 15 is 0 Å². The molecule has 0 aliphatic heterocycles. The van der Waals surface area contributed by atoms with Crippen molar-refractivity contribution in [1.82, 2.24) is 9.13 Å². The molecule has 2 nitrogen and oxygen atoms in total. The molecule has 1 aromatic heterocycles. The van der Waals surface area contributed by atoms with Crippen LogP contribution in [0.5, 0.6) is 0 Å². The zero-order chi connectivity index (χ0) is 17.6. The Bertz CT molecular complexity index is 865. The van der Waals surface area contributed by atoms with Crippen molar-refractivity contribution in [2.75, 3.05) is 0 Å². The summed E-state index contributed by atoms with van der Waals surface area (Å²) >= 11 is 2.43. The summed E-state index contributed by atoms with van der Waals surface area (Å²) < 4.78 is 5.79. The number of rotatable bonds is 2. The molecule has 0 saturated heterocycles. The maximum atomic E-state index is 2.43. The van der Waals surface area contributed by atoms with Crippen LogP contribution in [0.25, 0.3) is 11.4 Å². The van der Waals surface area contributed by atoms with Crippen molar-refractivity contribution in [3.05, 3.63) is 73.8 Å². The van der Waals surface area contributed by atoms with Crippen LogP contribution in [-0.2, 0) is 19.4 Å². The van der Waals surface area contributed by atoms with Gasteiger partial charge in [0.2, 0.25) is 0 Å². The summed E-state index contributed by atoms with van der Waals surface area (Å²) in [5, 5.41) is 0. The molecule has 0 aliphatic rings. The van der Waals surface area contributed by atoms with E-state index in [1.165, 1.54) is 48.6 Å². The van der Waals surface area contributed by atoms with E-state index in [1.54, 1.807) is 0 Å². The van der Waals surface area contributed by atoms with E-state index in [0.717, 1.165) is 0 Å². The van der Waals surface area contributed by atoms with Crippen molar-refractivity contribution in [2.24, 2.45) is 0 Å². The molecule has 3 heteroatoms. The molecular weight excluding hydrogens is 475 g/mol. The molecule has 0 unspecified atom stereocenters. The van der Waals surface area contributed by atoms with Crippen LogP contribution in [0.4, 0.5) is 0 Å². The number of nitrogens with zero attached hydrogens (tertiary/aromatic N) is 2. The fraction of sp³-hybridized carbons (Fsp3) is 0.286. The Kier molecular flexibility index (Phi) is 4.53. The molecule has 0 atom stereocenters. The third-order valence-electron chi connectivity index (χ3n) is 4.49. The van der Waals surface area contributed by atoms with Crippen molar-refractivity contribution in [2.45, 2.75) is 41.5 Å². The van der Waals surface area contributed by atoms with Crippen LogP contribution < -0.4 is 0 Å². The SMILES string of the molecule is Cc1cc(C)c(-n2ccn(-c3c(C)cc(C)cc3C)[c]2=[Pt])c(C)c1. The maximum absolute atomic E-state index is 2.43. The van der Waals surface area contributed by atoms with Gasteiger partial charge in [0.05, 0.1) is 0 Å². The van der Waals surface area contributed by atoms with Gasteiger partial charge in [-0.3, -0.25) is 0 Å². The molecular formula is C21H24N2Pt. The molecule has 3 rings (SSSR count). The molecule has 1 heterocycles. The van der Waals surface area contributed by atoms with Gasteiger partial charge in [0.1, 0.15) is 0 Å². The molecule has 3 aromatic rings. The fourth-order valence-electron chi connectivity index (χ4n) is 3.79. The first-order chi connectivity index (χ1) is 11.3. The fourth-order valence-corrected chi connectivity index (χ4v) is 4.63. The molecule has 24 heavy (non-hydrogen) atoms. The van der Waals surface area contributed by atoms with Crippen LogP contribution in [-0.4, -0.2) is 9.13 Å². The van der Waals surface area contributed by atoms with Gasteiger partial charge in [-0.2, -0.15) is 0 Å². The summed E-state index contributed by atoms with van der Waals surface area (Å²) in [7, 11) is 0. The monoisotopic (exact) mass is 499 g/mol. The van der Waals surface area contributed by atoms with Gasteiger partial charge in [-0.15, -0.1) is 0 Å². The Morgan fingerprint density at radius 2 is 0.875 bits per heavy atom. The van der Waals surface area contributed by atoms with Gasteiger partial charge in [0.25, 0.3) is 0 Å². The number of aromatic nitrogens is 2. The molecule has 0 spiro atoms. The van der Waals surface area contributed by atoms with E-state index in [9.17, 15) is 0 Å². The third-order valence-corrected chi connectivity index (χ3v) is 5.58. The predicted molar refractivity (Wildman–Crippen MR) is 96.8 cm³/mol. The normalized spacial score (nSPS) is 11.2. The standard InChI is InChI=1S/C21H24N2.Pt/c1-14-9-16(3)20(17(4)10-14)22-7-8-23(13-22)21-18(5)11-15(2)12-19(21)6;/h7-12H,1-6H3;. The van der Waals surface area contributed by atoms with Crippen LogP contribution in [0.15, 0.2) is 36.7 Å². The Morgan fingerprint density at radius 3 is 1.17 bits per heavy atom. The average molecular weight is 500 g/mol. The first-order valence-corrected chi connectivity index (χ1v) is 9.35. The summed E-state index contributed by atoms with van der Waals surface area (Å²) in [6, 6.07) is 9.02. The Morgan fingerprint density at radius 1 is 0.583 bits per heavy atom. The Hall–Kier alpha value is -1.66. The predicted octanol–water partition coefficient (Wildman–Crippen LogP) is 5.20.